The monoisotopic (exact) mass is 1370 g/mol. The minimum atomic E-state index is -4.96. The molecule has 8 atom stereocenters. The highest BCUT2D eigenvalue weighted by Gasteiger charge is 2.30. The lowest BCUT2D eigenvalue weighted by molar-refractivity contribution is -0.161. The van der Waals surface area contributed by atoms with Crippen molar-refractivity contribution in [3.63, 3.8) is 0 Å². The molecule has 0 saturated heterocycles. The number of aliphatic hydroxyl groups excluding tert-OH is 1. The molecule has 0 aliphatic carbocycles. The van der Waals surface area contributed by atoms with Crippen LogP contribution in [0.25, 0.3) is 0 Å². The van der Waals surface area contributed by atoms with Crippen molar-refractivity contribution < 1.29 is 80.2 Å². The van der Waals surface area contributed by atoms with Crippen molar-refractivity contribution in [1.29, 1.82) is 0 Å². The number of aliphatic hydroxyl groups is 1. The van der Waals surface area contributed by atoms with Crippen LogP contribution in [0.15, 0.2) is 0 Å². The molecule has 0 fully saturated rings. The van der Waals surface area contributed by atoms with E-state index in [1.54, 1.807) is 0 Å². The van der Waals surface area contributed by atoms with Crippen molar-refractivity contribution in [2.24, 2.45) is 23.7 Å². The Bertz CT molecular complexity index is 1840. The Morgan fingerprint density at radius 2 is 0.516 bits per heavy atom. The molecular formula is C74H144O17P2. The largest absolute Gasteiger partial charge is 0.472 e. The molecule has 0 radical (unpaired) electrons. The van der Waals surface area contributed by atoms with E-state index in [0.29, 0.717) is 25.7 Å². The number of rotatable bonds is 71. The summed E-state index contributed by atoms with van der Waals surface area (Å²) in [5.41, 5.74) is 0. The maximum Gasteiger partial charge on any atom is 0.472 e. The van der Waals surface area contributed by atoms with Crippen molar-refractivity contribution in [3.05, 3.63) is 0 Å². The Hall–Kier alpha value is -1.94. The van der Waals surface area contributed by atoms with E-state index in [0.717, 1.165) is 126 Å². The first kappa shape index (κ1) is 91.1. The second-order valence-corrected chi connectivity index (χ2v) is 30.8. The first-order chi connectivity index (χ1) is 44.7. The molecule has 0 spiro atoms. The van der Waals surface area contributed by atoms with Crippen molar-refractivity contribution in [3.8, 4) is 0 Å². The number of carbonyl (C=O) groups is 4. The molecule has 0 bridgehead atoms. The van der Waals surface area contributed by atoms with Crippen LogP contribution in [0, 0.1) is 23.7 Å². The molecule has 93 heavy (non-hydrogen) atoms. The highest BCUT2D eigenvalue weighted by Crippen LogP contribution is 2.45. The molecule has 0 amide bonds. The van der Waals surface area contributed by atoms with Gasteiger partial charge in [0.15, 0.2) is 12.2 Å². The zero-order chi connectivity index (χ0) is 68.9. The van der Waals surface area contributed by atoms with Gasteiger partial charge in [0.1, 0.15) is 19.3 Å². The van der Waals surface area contributed by atoms with Crippen molar-refractivity contribution in [2.75, 3.05) is 39.6 Å². The van der Waals surface area contributed by atoms with Gasteiger partial charge in [-0.3, -0.25) is 37.3 Å². The summed E-state index contributed by atoms with van der Waals surface area (Å²) in [7, 11) is -9.91. The molecule has 0 heterocycles. The maximum atomic E-state index is 13.1. The summed E-state index contributed by atoms with van der Waals surface area (Å²) >= 11 is 0. The quantitative estimate of drug-likeness (QED) is 0.0222. The third-order valence-corrected chi connectivity index (χ3v) is 20.1. The fraction of sp³-hybridized carbons (Fsp3) is 0.946. The van der Waals surface area contributed by atoms with Crippen LogP contribution in [0.3, 0.4) is 0 Å². The third-order valence-electron chi connectivity index (χ3n) is 18.2. The normalized spacial score (nSPS) is 15.1. The van der Waals surface area contributed by atoms with Gasteiger partial charge in [-0.1, -0.05) is 319 Å². The van der Waals surface area contributed by atoms with E-state index in [1.165, 1.54) is 161 Å². The van der Waals surface area contributed by atoms with Crippen LogP contribution in [0.4, 0.5) is 0 Å². The van der Waals surface area contributed by atoms with Gasteiger partial charge in [-0.05, 0) is 49.4 Å². The zero-order valence-electron chi connectivity index (χ0n) is 60.9. The van der Waals surface area contributed by atoms with Gasteiger partial charge < -0.3 is 33.8 Å². The molecular weight excluding hydrogens is 1220 g/mol. The molecule has 0 aromatic carbocycles. The summed E-state index contributed by atoms with van der Waals surface area (Å²) in [5, 5.41) is 10.6. The number of hydrogen-bond donors (Lipinski definition) is 3. The third kappa shape index (κ3) is 64.5. The fourth-order valence-corrected chi connectivity index (χ4v) is 12.7. The summed E-state index contributed by atoms with van der Waals surface area (Å²) < 4.78 is 68.4. The Morgan fingerprint density at radius 1 is 0.301 bits per heavy atom. The van der Waals surface area contributed by atoms with Gasteiger partial charge in [-0.2, -0.15) is 0 Å². The van der Waals surface area contributed by atoms with E-state index in [2.05, 4.69) is 55.4 Å². The SMILES string of the molecule is CCC(C)CCCCCCCCCCCCC(=O)O[C@H](COC(=O)CCCCCCCCC(C)CC)COP(=O)(O)OC[C@H](O)COP(=O)(O)OC[C@@H](COC(=O)CCCCCCCCC(C)CC)OC(=O)CCCCCCCCCCCCCCCCCCC(C)C. The number of unbranched alkanes of at least 4 members (excludes halogenated alkanes) is 34. The minimum Gasteiger partial charge on any atom is -0.462 e. The van der Waals surface area contributed by atoms with Crippen LogP contribution in [0.2, 0.25) is 0 Å². The number of esters is 4. The molecule has 0 rings (SSSR count). The highest BCUT2D eigenvalue weighted by molar-refractivity contribution is 7.47. The lowest BCUT2D eigenvalue weighted by atomic mass is 9.99. The number of carbonyl (C=O) groups excluding carboxylic acids is 4. The average Bonchev–Trinajstić information content (AvgIpc) is 1.79. The van der Waals surface area contributed by atoms with Crippen LogP contribution in [0.1, 0.15) is 370 Å². The summed E-state index contributed by atoms with van der Waals surface area (Å²) in [5.74, 6) is 0.948. The van der Waals surface area contributed by atoms with Crippen molar-refractivity contribution >= 4 is 39.5 Å². The molecule has 3 N–H and O–H groups in total. The van der Waals surface area contributed by atoms with E-state index >= 15 is 0 Å². The molecule has 0 aliphatic heterocycles. The Kier molecular flexibility index (Phi) is 62.2. The first-order valence-electron chi connectivity index (χ1n) is 38.3. The summed E-state index contributed by atoms with van der Waals surface area (Å²) in [6.45, 7) is 14.2. The zero-order valence-corrected chi connectivity index (χ0v) is 62.7. The van der Waals surface area contributed by atoms with Crippen LogP contribution >= 0.6 is 15.6 Å². The lowest BCUT2D eigenvalue weighted by Crippen LogP contribution is -2.30. The number of phosphoric ester groups is 2. The molecule has 0 aromatic heterocycles. The standard InChI is InChI=1S/C74H144O17P2/c1-9-65(6)51-43-35-27-23-20-21-25-29-41-49-57-74(79)91-70(61-85-72(77)55-47-39-33-31-37-45-53-67(8)11-3)63-89-93(82,83)87-59-68(75)58-86-92(80,81)88-62-69(60-84-71(76)54-46-38-32-30-36-44-52-66(7)10-2)90-73(78)56-48-40-28-24-19-17-15-13-12-14-16-18-22-26-34-42-50-64(4)5/h64-70,75H,9-63H2,1-8H3,(H,80,81)(H,82,83)/t65?,66?,67?,68-,69-,70-/m1/s1. The number of hydrogen-bond acceptors (Lipinski definition) is 15. The molecule has 0 aromatic rings. The van der Waals surface area contributed by atoms with Gasteiger partial charge in [-0.25, -0.2) is 9.13 Å². The van der Waals surface area contributed by atoms with E-state index < -0.39 is 97.5 Å². The van der Waals surface area contributed by atoms with E-state index in [9.17, 15) is 43.2 Å². The number of phosphoric acid groups is 2. The van der Waals surface area contributed by atoms with Crippen LogP contribution in [-0.4, -0.2) is 96.7 Å². The van der Waals surface area contributed by atoms with E-state index in [1.807, 2.05) is 0 Å². The summed E-state index contributed by atoms with van der Waals surface area (Å²) in [4.78, 5) is 72.7. The molecule has 552 valence electrons. The first-order valence-corrected chi connectivity index (χ1v) is 41.3. The van der Waals surface area contributed by atoms with Gasteiger partial charge >= 0.3 is 39.5 Å². The second kappa shape index (κ2) is 63.5. The van der Waals surface area contributed by atoms with Crippen LogP contribution in [0.5, 0.6) is 0 Å². The molecule has 5 unspecified atom stereocenters. The topological polar surface area (TPSA) is 237 Å². The highest BCUT2D eigenvalue weighted by atomic mass is 31.2. The van der Waals surface area contributed by atoms with Gasteiger partial charge in [0.2, 0.25) is 0 Å². The van der Waals surface area contributed by atoms with Gasteiger partial charge in [0.05, 0.1) is 26.4 Å². The lowest BCUT2D eigenvalue weighted by Gasteiger charge is -2.21. The van der Waals surface area contributed by atoms with Crippen LogP contribution < -0.4 is 0 Å². The van der Waals surface area contributed by atoms with E-state index in [-0.39, 0.29) is 25.7 Å². The predicted molar refractivity (Wildman–Crippen MR) is 377 cm³/mol. The average molecular weight is 1370 g/mol. The Labute approximate surface area is 568 Å². The fourth-order valence-electron chi connectivity index (χ4n) is 11.1. The Balaban J connectivity index is 5.22. The van der Waals surface area contributed by atoms with Gasteiger partial charge in [0, 0.05) is 25.7 Å². The summed E-state index contributed by atoms with van der Waals surface area (Å²) in [6.07, 6.45) is 47.2. The van der Waals surface area contributed by atoms with Crippen LogP contribution in [-0.2, 0) is 65.4 Å². The van der Waals surface area contributed by atoms with Crippen molar-refractivity contribution in [1.82, 2.24) is 0 Å². The van der Waals surface area contributed by atoms with Gasteiger partial charge in [-0.15, -0.1) is 0 Å². The number of ether oxygens (including phenoxy) is 4. The second-order valence-electron chi connectivity index (χ2n) is 27.9. The van der Waals surface area contributed by atoms with Crippen molar-refractivity contribution in [2.45, 2.75) is 388 Å². The summed E-state index contributed by atoms with van der Waals surface area (Å²) in [6, 6.07) is 0. The smallest absolute Gasteiger partial charge is 0.462 e. The molecule has 19 heteroatoms. The minimum absolute atomic E-state index is 0.105. The maximum absolute atomic E-state index is 13.1. The van der Waals surface area contributed by atoms with E-state index in [4.69, 9.17) is 37.0 Å². The predicted octanol–water partition coefficient (Wildman–Crippen LogP) is 21.3. The molecule has 17 nitrogen and oxygen atoms in total. The molecule has 0 aliphatic rings. The molecule has 0 saturated carbocycles. The Morgan fingerprint density at radius 3 is 0.763 bits per heavy atom. The van der Waals surface area contributed by atoms with Gasteiger partial charge in [0.25, 0.3) is 0 Å².